The lowest BCUT2D eigenvalue weighted by Crippen LogP contribution is -2.40. The molecule has 3 rings (SSSR count). The van der Waals surface area contributed by atoms with Crippen molar-refractivity contribution in [1.82, 2.24) is 9.97 Å². The van der Waals surface area contributed by atoms with Gasteiger partial charge in [0.05, 0.1) is 17.6 Å². The molecule has 21 heavy (non-hydrogen) atoms. The predicted octanol–water partition coefficient (Wildman–Crippen LogP) is 1.36. The van der Waals surface area contributed by atoms with E-state index in [0.29, 0.717) is 0 Å². The van der Waals surface area contributed by atoms with Crippen molar-refractivity contribution < 1.29 is 5.11 Å². The van der Waals surface area contributed by atoms with E-state index in [0.717, 1.165) is 42.9 Å². The van der Waals surface area contributed by atoms with Crippen molar-refractivity contribution in [2.75, 3.05) is 23.7 Å². The molecule has 0 spiro atoms. The highest BCUT2D eigenvalue weighted by Crippen LogP contribution is 2.32. The van der Waals surface area contributed by atoms with Gasteiger partial charge in [0.15, 0.2) is 0 Å². The first-order valence-electron chi connectivity index (χ1n) is 7.06. The fourth-order valence-corrected chi connectivity index (χ4v) is 2.63. The lowest BCUT2D eigenvalue weighted by atomic mass is 10.0. The summed E-state index contributed by atoms with van der Waals surface area (Å²) >= 11 is 0. The Morgan fingerprint density at radius 1 is 1.24 bits per heavy atom. The highest BCUT2D eigenvalue weighted by atomic mass is 16.3. The van der Waals surface area contributed by atoms with E-state index in [1.807, 2.05) is 6.07 Å². The third-order valence-corrected chi connectivity index (χ3v) is 3.79. The molecular formula is C15H19N5O. The summed E-state index contributed by atoms with van der Waals surface area (Å²) in [5.74, 6) is 0.433. The first-order valence-corrected chi connectivity index (χ1v) is 7.06. The van der Waals surface area contributed by atoms with E-state index in [1.54, 1.807) is 24.4 Å². The van der Waals surface area contributed by atoms with Crippen molar-refractivity contribution in [3.8, 4) is 17.0 Å². The second-order valence-corrected chi connectivity index (χ2v) is 5.34. The van der Waals surface area contributed by atoms with E-state index in [2.05, 4.69) is 14.9 Å². The zero-order valence-corrected chi connectivity index (χ0v) is 11.7. The molecule has 0 atom stereocenters. The zero-order chi connectivity index (χ0) is 14.8. The van der Waals surface area contributed by atoms with Gasteiger partial charge in [0.25, 0.3) is 0 Å². The van der Waals surface area contributed by atoms with Crippen LogP contribution in [0.25, 0.3) is 11.3 Å². The number of nitrogens with zero attached hydrogens (tertiary/aromatic N) is 3. The molecule has 2 heterocycles. The normalized spacial score (nSPS) is 16.1. The molecule has 1 fully saturated rings. The van der Waals surface area contributed by atoms with Gasteiger partial charge in [-0.1, -0.05) is 12.1 Å². The van der Waals surface area contributed by atoms with E-state index >= 15 is 0 Å². The number of anilines is 2. The highest BCUT2D eigenvalue weighted by molar-refractivity contribution is 5.76. The van der Waals surface area contributed by atoms with Crippen LogP contribution in [0.3, 0.4) is 0 Å². The smallest absolute Gasteiger partial charge is 0.220 e. The minimum Gasteiger partial charge on any atom is -0.508 e. The van der Waals surface area contributed by atoms with Crippen LogP contribution in [0.15, 0.2) is 30.5 Å². The van der Waals surface area contributed by atoms with Gasteiger partial charge in [-0.15, -0.1) is 0 Å². The molecule has 0 radical (unpaired) electrons. The van der Waals surface area contributed by atoms with Gasteiger partial charge >= 0.3 is 0 Å². The fourth-order valence-electron chi connectivity index (χ4n) is 2.63. The Labute approximate surface area is 123 Å². The molecule has 0 aliphatic carbocycles. The van der Waals surface area contributed by atoms with Crippen LogP contribution in [-0.2, 0) is 0 Å². The Bertz CT molecular complexity index is 638. The molecule has 1 aliphatic heterocycles. The van der Waals surface area contributed by atoms with Crippen LogP contribution in [0.2, 0.25) is 0 Å². The molecule has 1 saturated heterocycles. The quantitative estimate of drug-likeness (QED) is 0.770. The standard InChI is InChI=1S/C15H19N5O/c16-11-4-6-20(7-5-11)13-9-18-15(17)19-14(13)10-2-1-3-12(21)8-10/h1-3,8-9,11,21H,4-7,16H2,(H2,17,18,19). The van der Waals surface area contributed by atoms with Crippen LogP contribution >= 0.6 is 0 Å². The minimum absolute atomic E-state index is 0.205. The summed E-state index contributed by atoms with van der Waals surface area (Å²) in [6, 6.07) is 7.27. The predicted molar refractivity (Wildman–Crippen MR) is 83.0 cm³/mol. The Balaban J connectivity index is 2.01. The van der Waals surface area contributed by atoms with Gasteiger partial charge in [0.2, 0.25) is 5.95 Å². The number of nitrogen functional groups attached to an aromatic ring is 1. The van der Waals surface area contributed by atoms with Crippen LogP contribution in [0, 0.1) is 0 Å². The molecule has 0 unspecified atom stereocenters. The van der Waals surface area contributed by atoms with Crippen LogP contribution in [0.4, 0.5) is 11.6 Å². The molecule has 110 valence electrons. The third kappa shape index (κ3) is 2.90. The number of rotatable bonds is 2. The number of hydrogen-bond acceptors (Lipinski definition) is 6. The Morgan fingerprint density at radius 2 is 2.00 bits per heavy atom. The van der Waals surface area contributed by atoms with E-state index < -0.39 is 0 Å². The number of aromatic hydroxyl groups is 1. The number of piperidine rings is 1. The SMILES string of the molecule is Nc1ncc(N2CCC(N)CC2)c(-c2cccc(O)c2)n1. The van der Waals surface area contributed by atoms with Crippen molar-refractivity contribution in [3.63, 3.8) is 0 Å². The van der Waals surface area contributed by atoms with Gasteiger partial charge in [0.1, 0.15) is 5.75 Å². The summed E-state index contributed by atoms with van der Waals surface area (Å²) in [5.41, 5.74) is 14.2. The Morgan fingerprint density at radius 3 is 2.71 bits per heavy atom. The molecule has 0 amide bonds. The summed E-state index contributed by atoms with van der Waals surface area (Å²) in [7, 11) is 0. The fraction of sp³-hybridized carbons (Fsp3) is 0.333. The summed E-state index contributed by atoms with van der Waals surface area (Å²) in [5, 5.41) is 9.67. The molecule has 0 saturated carbocycles. The van der Waals surface area contributed by atoms with Crippen LogP contribution < -0.4 is 16.4 Å². The average molecular weight is 285 g/mol. The number of nitrogens with two attached hydrogens (primary N) is 2. The number of aromatic nitrogens is 2. The maximum absolute atomic E-state index is 9.67. The van der Waals surface area contributed by atoms with Crippen molar-refractivity contribution in [2.45, 2.75) is 18.9 Å². The maximum Gasteiger partial charge on any atom is 0.220 e. The summed E-state index contributed by atoms with van der Waals surface area (Å²) in [6.45, 7) is 1.75. The zero-order valence-electron chi connectivity index (χ0n) is 11.7. The third-order valence-electron chi connectivity index (χ3n) is 3.79. The lowest BCUT2D eigenvalue weighted by Gasteiger charge is -2.32. The molecule has 2 aromatic rings. The Hall–Kier alpha value is -2.34. The molecule has 1 aromatic heterocycles. The number of hydrogen-bond donors (Lipinski definition) is 3. The monoisotopic (exact) mass is 285 g/mol. The van der Waals surface area contributed by atoms with Crippen molar-refractivity contribution in [1.29, 1.82) is 0 Å². The van der Waals surface area contributed by atoms with E-state index in [1.165, 1.54) is 0 Å². The first kappa shape index (κ1) is 13.6. The molecule has 6 heteroatoms. The van der Waals surface area contributed by atoms with Gasteiger partial charge in [0, 0.05) is 24.7 Å². The van der Waals surface area contributed by atoms with Crippen LogP contribution in [-0.4, -0.2) is 34.2 Å². The van der Waals surface area contributed by atoms with Gasteiger partial charge in [-0.25, -0.2) is 9.97 Å². The highest BCUT2D eigenvalue weighted by Gasteiger charge is 2.20. The van der Waals surface area contributed by atoms with E-state index in [-0.39, 0.29) is 17.7 Å². The molecule has 5 N–H and O–H groups in total. The topological polar surface area (TPSA) is 101 Å². The second-order valence-electron chi connectivity index (χ2n) is 5.34. The summed E-state index contributed by atoms with van der Waals surface area (Å²) in [4.78, 5) is 10.7. The summed E-state index contributed by atoms with van der Waals surface area (Å²) < 4.78 is 0. The number of phenolic OH excluding ortho intramolecular Hbond substituents is 1. The van der Waals surface area contributed by atoms with Gasteiger partial charge < -0.3 is 21.5 Å². The number of benzene rings is 1. The van der Waals surface area contributed by atoms with Gasteiger partial charge in [-0.3, -0.25) is 0 Å². The minimum atomic E-state index is 0.205. The van der Waals surface area contributed by atoms with E-state index in [4.69, 9.17) is 11.5 Å². The molecule has 1 aromatic carbocycles. The van der Waals surface area contributed by atoms with Crippen molar-refractivity contribution in [3.05, 3.63) is 30.5 Å². The average Bonchev–Trinajstić information content (AvgIpc) is 2.48. The van der Waals surface area contributed by atoms with Gasteiger partial charge in [-0.05, 0) is 25.0 Å². The first-order chi connectivity index (χ1) is 10.1. The van der Waals surface area contributed by atoms with Crippen LogP contribution in [0.5, 0.6) is 5.75 Å². The molecule has 1 aliphatic rings. The maximum atomic E-state index is 9.67. The number of phenols is 1. The van der Waals surface area contributed by atoms with Crippen molar-refractivity contribution in [2.24, 2.45) is 5.73 Å². The molecule has 0 bridgehead atoms. The lowest BCUT2D eigenvalue weighted by molar-refractivity contribution is 0.475. The van der Waals surface area contributed by atoms with Gasteiger partial charge in [-0.2, -0.15) is 0 Å². The molecular weight excluding hydrogens is 266 g/mol. The molecule has 6 nitrogen and oxygen atoms in total. The van der Waals surface area contributed by atoms with Crippen LogP contribution in [0.1, 0.15) is 12.8 Å². The summed E-state index contributed by atoms with van der Waals surface area (Å²) in [6.07, 6.45) is 3.65. The largest absolute Gasteiger partial charge is 0.508 e. The Kier molecular flexibility index (Phi) is 3.62. The van der Waals surface area contributed by atoms with E-state index in [9.17, 15) is 5.11 Å². The van der Waals surface area contributed by atoms with Crippen molar-refractivity contribution >= 4 is 11.6 Å². The second kappa shape index (κ2) is 5.57.